The van der Waals surface area contributed by atoms with Crippen LogP contribution in [0.1, 0.15) is 32.1 Å². The van der Waals surface area contributed by atoms with Crippen LogP contribution in [0.25, 0.3) is 0 Å². The quantitative estimate of drug-likeness (QED) is 0.637. The van der Waals surface area contributed by atoms with Gasteiger partial charge < -0.3 is 10.4 Å². The van der Waals surface area contributed by atoms with E-state index in [1.807, 2.05) is 0 Å². The first-order valence-electron chi connectivity index (χ1n) is 4.77. The zero-order chi connectivity index (χ0) is 8.44. The minimum absolute atomic E-state index is 0.00315. The fourth-order valence-electron chi connectivity index (χ4n) is 1.87. The van der Waals surface area contributed by atoms with Crippen molar-refractivity contribution in [1.82, 2.24) is 5.32 Å². The minimum Gasteiger partial charge on any atom is -0.394 e. The number of nitrogens with one attached hydrogen (secondary N) is 1. The van der Waals surface area contributed by atoms with Crippen LogP contribution in [0, 0.1) is 0 Å². The molecule has 0 radical (unpaired) electrons. The fraction of sp³-hybridized carbons (Fsp3) is 0.889. The Morgan fingerprint density at radius 3 is 2.67 bits per heavy atom. The molecule has 1 aliphatic heterocycles. The van der Waals surface area contributed by atoms with Gasteiger partial charge in [-0.1, -0.05) is 0 Å². The molecular weight excluding hydrogens is 152 g/mol. The Morgan fingerprint density at radius 2 is 2.25 bits per heavy atom. The Hall–Kier alpha value is -0.570. The highest BCUT2D eigenvalue weighted by molar-refractivity contribution is 5.84. The molecular formula is C9H16N2O. The zero-order valence-electron chi connectivity index (χ0n) is 7.34. The molecule has 0 bridgehead atoms. The molecule has 12 heavy (non-hydrogen) atoms. The summed E-state index contributed by atoms with van der Waals surface area (Å²) in [6.45, 7) is 1.22. The van der Waals surface area contributed by atoms with E-state index in [9.17, 15) is 5.11 Å². The van der Waals surface area contributed by atoms with Crippen molar-refractivity contribution in [3.05, 3.63) is 0 Å². The van der Waals surface area contributed by atoms with Crippen LogP contribution in [0.15, 0.2) is 4.99 Å². The van der Waals surface area contributed by atoms with E-state index in [0.29, 0.717) is 0 Å². The summed E-state index contributed by atoms with van der Waals surface area (Å²) in [5.41, 5.74) is 0.00315. The van der Waals surface area contributed by atoms with Crippen molar-refractivity contribution >= 4 is 5.84 Å². The Bertz CT molecular complexity index is 191. The summed E-state index contributed by atoms with van der Waals surface area (Å²) in [4.78, 5) is 4.34. The average Bonchev–Trinajstić information content (AvgIpc) is 2.49. The molecule has 2 aliphatic rings. The second-order valence-corrected chi connectivity index (χ2v) is 3.85. The van der Waals surface area contributed by atoms with Crippen LogP contribution >= 0.6 is 0 Å². The van der Waals surface area contributed by atoms with Gasteiger partial charge in [-0.15, -0.1) is 0 Å². The third-order valence-corrected chi connectivity index (χ3v) is 2.90. The maximum atomic E-state index is 9.18. The number of aliphatic hydroxyl groups excluding tert-OH is 1. The lowest BCUT2D eigenvalue weighted by Crippen LogP contribution is -2.55. The molecule has 0 saturated heterocycles. The second kappa shape index (κ2) is 3.05. The smallest absolute Gasteiger partial charge is 0.0968 e. The summed E-state index contributed by atoms with van der Waals surface area (Å²) in [7, 11) is 0. The number of amidine groups is 1. The van der Waals surface area contributed by atoms with Crippen molar-refractivity contribution in [2.45, 2.75) is 37.6 Å². The molecule has 2 rings (SSSR count). The van der Waals surface area contributed by atoms with E-state index in [4.69, 9.17) is 0 Å². The van der Waals surface area contributed by atoms with Crippen LogP contribution in [0.5, 0.6) is 0 Å². The van der Waals surface area contributed by atoms with E-state index in [-0.39, 0.29) is 12.1 Å². The molecule has 0 unspecified atom stereocenters. The highest BCUT2D eigenvalue weighted by Gasteiger charge is 2.37. The molecule has 0 aromatic carbocycles. The van der Waals surface area contributed by atoms with Crippen LogP contribution in [0.4, 0.5) is 0 Å². The molecule has 1 aliphatic carbocycles. The first-order valence-corrected chi connectivity index (χ1v) is 4.77. The molecule has 1 heterocycles. The fourth-order valence-corrected chi connectivity index (χ4v) is 1.87. The number of hydrogen-bond donors (Lipinski definition) is 2. The van der Waals surface area contributed by atoms with Gasteiger partial charge in [0.1, 0.15) is 0 Å². The number of hydrogen-bond acceptors (Lipinski definition) is 3. The van der Waals surface area contributed by atoms with E-state index in [0.717, 1.165) is 31.6 Å². The minimum atomic E-state index is 0.00315. The molecule has 68 valence electrons. The molecule has 1 fully saturated rings. The third-order valence-electron chi connectivity index (χ3n) is 2.90. The molecule has 0 atom stereocenters. The van der Waals surface area contributed by atoms with Crippen LogP contribution in [0.2, 0.25) is 0 Å². The van der Waals surface area contributed by atoms with Crippen molar-refractivity contribution in [2.24, 2.45) is 4.99 Å². The van der Waals surface area contributed by atoms with Crippen molar-refractivity contribution in [1.29, 1.82) is 0 Å². The summed E-state index contributed by atoms with van der Waals surface area (Å²) in [5, 5.41) is 12.6. The van der Waals surface area contributed by atoms with Gasteiger partial charge in [0.05, 0.1) is 18.0 Å². The molecule has 3 nitrogen and oxygen atoms in total. The van der Waals surface area contributed by atoms with Gasteiger partial charge >= 0.3 is 0 Å². The van der Waals surface area contributed by atoms with Crippen molar-refractivity contribution < 1.29 is 5.11 Å². The average molecular weight is 168 g/mol. The van der Waals surface area contributed by atoms with Gasteiger partial charge in [-0.3, -0.25) is 4.99 Å². The van der Waals surface area contributed by atoms with Gasteiger partial charge in [-0.05, 0) is 25.7 Å². The standard InChI is InChI=1S/C9H16N2O/c12-7-9(4-2-5-9)11-8-3-1-6-10-8/h12H,1-7H2,(H,10,11). The Kier molecular flexibility index (Phi) is 2.05. The summed E-state index contributed by atoms with van der Waals surface area (Å²) in [6, 6.07) is 0. The van der Waals surface area contributed by atoms with Crippen molar-refractivity contribution in [3.63, 3.8) is 0 Å². The molecule has 1 saturated carbocycles. The van der Waals surface area contributed by atoms with E-state index in [2.05, 4.69) is 10.3 Å². The first-order chi connectivity index (χ1) is 5.85. The predicted octanol–water partition coefficient (Wildman–Crippen LogP) is 0.683. The summed E-state index contributed by atoms with van der Waals surface area (Å²) >= 11 is 0. The summed E-state index contributed by atoms with van der Waals surface area (Å²) in [6.07, 6.45) is 5.68. The number of rotatable bonds is 2. The SMILES string of the molecule is OCC1(NC2=NCCC2)CCC1. The Labute approximate surface area is 72.9 Å². The second-order valence-electron chi connectivity index (χ2n) is 3.85. The lowest BCUT2D eigenvalue weighted by molar-refractivity contribution is 0.107. The zero-order valence-corrected chi connectivity index (χ0v) is 7.34. The van der Waals surface area contributed by atoms with Crippen LogP contribution in [0.3, 0.4) is 0 Å². The van der Waals surface area contributed by atoms with E-state index < -0.39 is 0 Å². The van der Waals surface area contributed by atoms with Gasteiger partial charge in [0, 0.05) is 13.0 Å². The van der Waals surface area contributed by atoms with Gasteiger partial charge in [0.25, 0.3) is 0 Å². The van der Waals surface area contributed by atoms with Gasteiger partial charge in [-0.2, -0.15) is 0 Å². The Morgan fingerprint density at radius 1 is 1.42 bits per heavy atom. The maximum Gasteiger partial charge on any atom is 0.0968 e. The van der Waals surface area contributed by atoms with E-state index >= 15 is 0 Å². The monoisotopic (exact) mass is 168 g/mol. The topological polar surface area (TPSA) is 44.6 Å². The van der Waals surface area contributed by atoms with E-state index in [1.54, 1.807) is 0 Å². The maximum absolute atomic E-state index is 9.18. The summed E-state index contributed by atoms with van der Waals surface area (Å²) in [5.74, 6) is 1.11. The van der Waals surface area contributed by atoms with Crippen LogP contribution in [-0.2, 0) is 0 Å². The molecule has 0 amide bonds. The van der Waals surface area contributed by atoms with Crippen LogP contribution < -0.4 is 5.32 Å². The van der Waals surface area contributed by atoms with E-state index in [1.165, 1.54) is 12.8 Å². The highest BCUT2D eigenvalue weighted by Crippen LogP contribution is 2.31. The molecule has 0 aromatic rings. The highest BCUT2D eigenvalue weighted by atomic mass is 16.3. The normalized spacial score (nSPS) is 26.2. The first kappa shape index (κ1) is 8.05. The molecule has 3 heteroatoms. The number of aliphatic hydroxyl groups is 1. The number of aliphatic imine (C=N–C) groups is 1. The molecule has 0 aromatic heterocycles. The lowest BCUT2D eigenvalue weighted by atomic mass is 9.77. The molecule has 2 N–H and O–H groups in total. The third kappa shape index (κ3) is 1.33. The largest absolute Gasteiger partial charge is 0.394 e. The van der Waals surface area contributed by atoms with Crippen molar-refractivity contribution in [2.75, 3.05) is 13.2 Å². The number of nitrogens with zero attached hydrogens (tertiary/aromatic N) is 1. The summed E-state index contributed by atoms with van der Waals surface area (Å²) < 4.78 is 0. The van der Waals surface area contributed by atoms with Gasteiger partial charge in [0.15, 0.2) is 0 Å². The van der Waals surface area contributed by atoms with Crippen molar-refractivity contribution in [3.8, 4) is 0 Å². The van der Waals surface area contributed by atoms with Gasteiger partial charge in [-0.25, -0.2) is 0 Å². The Balaban J connectivity index is 1.91. The lowest BCUT2D eigenvalue weighted by Gasteiger charge is -2.41. The van der Waals surface area contributed by atoms with Gasteiger partial charge in [0.2, 0.25) is 0 Å². The predicted molar refractivity (Wildman–Crippen MR) is 48.3 cm³/mol. The molecule has 0 spiro atoms. The van der Waals surface area contributed by atoms with Crippen LogP contribution in [-0.4, -0.2) is 29.6 Å².